The Morgan fingerprint density at radius 2 is 1.78 bits per heavy atom. The van der Waals surface area contributed by atoms with E-state index in [4.69, 9.17) is 16.3 Å². The zero-order valence-corrected chi connectivity index (χ0v) is 10.5. The lowest BCUT2D eigenvalue weighted by atomic mass is 10.2. The lowest BCUT2D eigenvalue weighted by Gasteiger charge is -2.08. The van der Waals surface area contributed by atoms with Gasteiger partial charge in [0, 0.05) is 0 Å². The highest BCUT2D eigenvalue weighted by Gasteiger charge is 2.05. The van der Waals surface area contributed by atoms with Crippen molar-refractivity contribution >= 4 is 11.6 Å². The predicted molar refractivity (Wildman–Crippen MR) is 66.9 cm³/mol. The third kappa shape index (κ3) is 2.99. The van der Waals surface area contributed by atoms with Crippen molar-refractivity contribution in [2.75, 3.05) is 0 Å². The van der Waals surface area contributed by atoms with Crippen LogP contribution in [-0.2, 0) is 6.61 Å². The molecule has 4 heteroatoms. The van der Waals surface area contributed by atoms with E-state index in [1.807, 2.05) is 6.92 Å². The first-order chi connectivity index (χ1) is 8.56. The summed E-state index contributed by atoms with van der Waals surface area (Å²) in [4.78, 5) is 0. The van der Waals surface area contributed by atoms with E-state index >= 15 is 0 Å². The standard InChI is InChI=1S/C14H11ClF2O/c1-9-2-4-13(17)14(6-9)18-8-10-3-5-12(16)11(15)7-10/h2-7H,8H2,1H3. The van der Waals surface area contributed by atoms with Crippen LogP contribution in [0.3, 0.4) is 0 Å². The van der Waals surface area contributed by atoms with Crippen molar-refractivity contribution in [3.05, 3.63) is 64.2 Å². The van der Waals surface area contributed by atoms with Crippen LogP contribution in [-0.4, -0.2) is 0 Å². The molecule has 0 fully saturated rings. The minimum Gasteiger partial charge on any atom is -0.486 e. The molecule has 0 bridgehead atoms. The van der Waals surface area contributed by atoms with Gasteiger partial charge in [0.1, 0.15) is 12.4 Å². The van der Waals surface area contributed by atoms with E-state index in [9.17, 15) is 8.78 Å². The van der Waals surface area contributed by atoms with Crippen LogP contribution in [0, 0.1) is 18.6 Å². The van der Waals surface area contributed by atoms with Crippen LogP contribution in [0.5, 0.6) is 5.75 Å². The minimum atomic E-state index is -0.484. The van der Waals surface area contributed by atoms with Crippen molar-refractivity contribution in [1.82, 2.24) is 0 Å². The highest BCUT2D eigenvalue weighted by molar-refractivity contribution is 6.30. The molecule has 0 aliphatic heterocycles. The third-order valence-electron chi connectivity index (χ3n) is 2.47. The molecule has 0 spiro atoms. The first-order valence-electron chi connectivity index (χ1n) is 5.39. The van der Waals surface area contributed by atoms with E-state index in [1.165, 1.54) is 18.2 Å². The van der Waals surface area contributed by atoms with E-state index < -0.39 is 11.6 Å². The third-order valence-corrected chi connectivity index (χ3v) is 2.75. The lowest BCUT2D eigenvalue weighted by Crippen LogP contribution is -1.98. The van der Waals surface area contributed by atoms with Gasteiger partial charge in [-0.2, -0.15) is 0 Å². The second-order valence-corrected chi connectivity index (χ2v) is 4.38. The largest absolute Gasteiger partial charge is 0.486 e. The number of hydrogen-bond acceptors (Lipinski definition) is 1. The normalized spacial score (nSPS) is 10.4. The summed E-state index contributed by atoms with van der Waals surface area (Å²) in [6.07, 6.45) is 0. The molecular weight excluding hydrogens is 258 g/mol. The van der Waals surface area contributed by atoms with Gasteiger partial charge in [-0.3, -0.25) is 0 Å². The van der Waals surface area contributed by atoms with Crippen LogP contribution in [0.15, 0.2) is 36.4 Å². The van der Waals surface area contributed by atoms with Gasteiger partial charge in [-0.1, -0.05) is 23.7 Å². The molecule has 94 valence electrons. The quantitative estimate of drug-likeness (QED) is 0.796. The molecule has 1 nitrogen and oxygen atoms in total. The molecule has 2 aromatic rings. The molecule has 0 N–H and O–H groups in total. The highest BCUT2D eigenvalue weighted by Crippen LogP contribution is 2.21. The average molecular weight is 269 g/mol. The molecule has 0 radical (unpaired) electrons. The predicted octanol–water partition coefficient (Wildman–Crippen LogP) is 4.51. The number of benzene rings is 2. The van der Waals surface area contributed by atoms with Crippen LogP contribution in [0.1, 0.15) is 11.1 Å². The molecule has 0 saturated carbocycles. The summed E-state index contributed by atoms with van der Waals surface area (Å²) in [5.74, 6) is -0.730. The topological polar surface area (TPSA) is 9.23 Å². The second kappa shape index (κ2) is 5.36. The number of hydrogen-bond donors (Lipinski definition) is 0. The molecule has 0 aliphatic carbocycles. The van der Waals surface area contributed by atoms with Crippen molar-refractivity contribution in [1.29, 1.82) is 0 Å². The Morgan fingerprint density at radius 3 is 2.50 bits per heavy atom. The Kier molecular flexibility index (Phi) is 3.82. The molecule has 0 aliphatic rings. The van der Waals surface area contributed by atoms with E-state index in [2.05, 4.69) is 0 Å². The summed E-state index contributed by atoms with van der Waals surface area (Å²) in [7, 11) is 0. The van der Waals surface area contributed by atoms with E-state index in [-0.39, 0.29) is 17.4 Å². The minimum absolute atomic E-state index is 0.0285. The number of aryl methyl sites for hydroxylation is 1. The van der Waals surface area contributed by atoms with Crippen molar-refractivity contribution in [2.24, 2.45) is 0 Å². The maximum Gasteiger partial charge on any atom is 0.165 e. The fourth-order valence-corrected chi connectivity index (χ4v) is 1.71. The molecule has 2 rings (SSSR count). The Balaban J connectivity index is 2.11. The fraction of sp³-hybridized carbons (Fsp3) is 0.143. The monoisotopic (exact) mass is 268 g/mol. The zero-order valence-electron chi connectivity index (χ0n) is 9.71. The van der Waals surface area contributed by atoms with Gasteiger partial charge >= 0.3 is 0 Å². The van der Waals surface area contributed by atoms with Crippen LogP contribution < -0.4 is 4.74 Å². The van der Waals surface area contributed by atoms with Gasteiger partial charge in [-0.05, 0) is 42.3 Å². The first-order valence-corrected chi connectivity index (χ1v) is 5.77. The average Bonchev–Trinajstić information content (AvgIpc) is 2.34. The van der Waals surface area contributed by atoms with Crippen LogP contribution in [0.4, 0.5) is 8.78 Å². The molecule has 0 unspecified atom stereocenters. The SMILES string of the molecule is Cc1ccc(F)c(OCc2ccc(F)c(Cl)c2)c1. The molecule has 0 saturated heterocycles. The van der Waals surface area contributed by atoms with Crippen LogP contribution in [0.2, 0.25) is 5.02 Å². The molecule has 2 aromatic carbocycles. The van der Waals surface area contributed by atoms with Crippen molar-refractivity contribution < 1.29 is 13.5 Å². The number of rotatable bonds is 3. The molecule has 0 heterocycles. The Hall–Kier alpha value is -1.61. The van der Waals surface area contributed by atoms with Gasteiger partial charge in [0.15, 0.2) is 11.6 Å². The summed E-state index contributed by atoms with van der Waals surface area (Å²) < 4.78 is 31.7. The Morgan fingerprint density at radius 1 is 1.06 bits per heavy atom. The molecule has 0 aromatic heterocycles. The number of ether oxygens (including phenoxy) is 1. The van der Waals surface area contributed by atoms with Crippen molar-refractivity contribution in [2.45, 2.75) is 13.5 Å². The smallest absolute Gasteiger partial charge is 0.165 e. The maximum absolute atomic E-state index is 13.4. The van der Waals surface area contributed by atoms with E-state index in [1.54, 1.807) is 18.2 Å². The van der Waals surface area contributed by atoms with Crippen LogP contribution in [0.25, 0.3) is 0 Å². The molecule has 0 amide bonds. The second-order valence-electron chi connectivity index (χ2n) is 3.97. The fourth-order valence-electron chi connectivity index (χ4n) is 1.51. The zero-order chi connectivity index (χ0) is 13.1. The maximum atomic E-state index is 13.4. The summed E-state index contributed by atoms with van der Waals surface area (Å²) in [6.45, 7) is 1.99. The Labute approximate surface area is 109 Å². The summed E-state index contributed by atoms with van der Waals surface area (Å²) in [5, 5.41) is 0.0285. The van der Waals surface area contributed by atoms with Gasteiger partial charge in [0.2, 0.25) is 0 Å². The van der Waals surface area contributed by atoms with Gasteiger partial charge in [-0.15, -0.1) is 0 Å². The Bertz CT molecular complexity index is 570. The summed E-state index contributed by atoms with van der Waals surface area (Å²) in [6, 6.07) is 8.90. The summed E-state index contributed by atoms with van der Waals surface area (Å²) >= 11 is 5.65. The lowest BCUT2D eigenvalue weighted by molar-refractivity contribution is 0.290. The van der Waals surface area contributed by atoms with Crippen molar-refractivity contribution in [3.8, 4) is 5.75 Å². The molecule has 0 atom stereocenters. The van der Waals surface area contributed by atoms with Crippen molar-refractivity contribution in [3.63, 3.8) is 0 Å². The molecule has 18 heavy (non-hydrogen) atoms. The first kappa shape index (κ1) is 12.8. The van der Waals surface area contributed by atoms with E-state index in [0.717, 1.165) is 5.56 Å². The van der Waals surface area contributed by atoms with Gasteiger partial charge in [0.25, 0.3) is 0 Å². The van der Waals surface area contributed by atoms with Gasteiger partial charge < -0.3 is 4.74 Å². The van der Waals surface area contributed by atoms with Gasteiger partial charge in [0.05, 0.1) is 5.02 Å². The summed E-state index contributed by atoms with van der Waals surface area (Å²) in [5.41, 5.74) is 1.59. The number of halogens is 3. The van der Waals surface area contributed by atoms with Crippen LogP contribution >= 0.6 is 11.6 Å². The van der Waals surface area contributed by atoms with E-state index in [0.29, 0.717) is 5.56 Å². The highest BCUT2D eigenvalue weighted by atomic mass is 35.5. The van der Waals surface area contributed by atoms with Gasteiger partial charge in [-0.25, -0.2) is 8.78 Å². The molecular formula is C14H11ClF2O.